The van der Waals surface area contributed by atoms with Gasteiger partial charge in [-0.3, -0.25) is 9.13 Å². The van der Waals surface area contributed by atoms with Gasteiger partial charge >= 0.3 is 5.69 Å². The lowest BCUT2D eigenvalue weighted by atomic mass is 10.1. The fourth-order valence-electron chi connectivity index (χ4n) is 3.00. The Kier molecular flexibility index (Phi) is 4.91. The molecule has 1 aromatic carbocycles. The van der Waals surface area contributed by atoms with E-state index in [0.29, 0.717) is 29.1 Å². The largest absolute Gasteiger partial charge is 0.331 e. The van der Waals surface area contributed by atoms with E-state index >= 15 is 0 Å². The van der Waals surface area contributed by atoms with Crippen molar-refractivity contribution in [3.63, 3.8) is 0 Å². The Balaban J connectivity index is 2.08. The van der Waals surface area contributed by atoms with Gasteiger partial charge in [-0.2, -0.15) is 15.5 Å². The molecule has 0 aliphatic carbocycles. The number of rotatable bonds is 5. The van der Waals surface area contributed by atoms with Gasteiger partial charge in [-0.15, -0.1) is 0 Å². The van der Waals surface area contributed by atoms with Crippen molar-refractivity contribution >= 4 is 22.8 Å². The first-order valence-corrected chi connectivity index (χ1v) is 8.61. The molecule has 1 atom stereocenters. The molecule has 1 unspecified atom stereocenters. The number of nitriles is 2. The normalized spacial score (nSPS) is 11.7. The van der Waals surface area contributed by atoms with Crippen LogP contribution in [0, 0.1) is 29.6 Å². The van der Waals surface area contributed by atoms with Crippen LogP contribution in [-0.2, 0) is 7.05 Å². The summed E-state index contributed by atoms with van der Waals surface area (Å²) in [4.78, 5) is 21.4. The first kappa shape index (κ1) is 18.2. The number of fused-ring (bicyclic) bond motifs is 1. The van der Waals surface area contributed by atoms with Crippen LogP contribution in [0.15, 0.2) is 29.2 Å². The van der Waals surface area contributed by atoms with Gasteiger partial charge < -0.3 is 5.32 Å². The molecule has 0 bridgehead atoms. The molecular weight excluding hydrogens is 342 g/mol. The van der Waals surface area contributed by atoms with Crippen molar-refractivity contribution in [2.45, 2.75) is 32.7 Å². The maximum absolute atomic E-state index is 12.6. The highest BCUT2D eigenvalue weighted by atomic mass is 16.1. The van der Waals surface area contributed by atoms with Gasteiger partial charge in [0.1, 0.15) is 11.6 Å². The molecule has 0 aliphatic heterocycles. The molecule has 8 heteroatoms. The molecule has 1 N–H and O–H groups in total. The number of aryl methyl sites for hydroxylation is 2. The monoisotopic (exact) mass is 361 g/mol. The second-order valence-electron chi connectivity index (χ2n) is 6.31. The highest BCUT2D eigenvalue weighted by molar-refractivity contribution is 5.73. The van der Waals surface area contributed by atoms with Gasteiger partial charge in [-0.1, -0.05) is 13.3 Å². The predicted molar refractivity (Wildman–Crippen MR) is 102 cm³/mol. The number of aromatic nitrogens is 4. The van der Waals surface area contributed by atoms with Crippen LogP contribution >= 0.6 is 0 Å². The summed E-state index contributed by atoms with van der Waals surface area (Å²) in [5.74, 6) is 0.322. The second-order valence-corrected chi connectivity index (χ2v) is 6.31. The van der Waals surface area contributed by atoms with E-state index in [4.69, 9.17) is 5.26 Å². The Bertz CT molecular complexity index is 1140. The summed E-state index contributed by atoms with van der Waals surface area (Å²) in [5.41, 5.74) is 2.92. The molecule has 0 radical (unpaired) electrons. The van der Waals surface area contributed by atoms with Gasteiger partial charge in [0.2, 0.25) is 5.95 Å². The third-order valence-corrected chi connectivity index (χ3v) is 4.46. The summed E-state index contributed by atoms with van der Waals surface area (Å²) in [6.07, 6.45) is 2.92. The van der Waals surface area contributed by atoms with Crippen molar-refractivity contribution in [2.75, 3.05) is 5.32 Å². The van der Waals surface area contributed by atoms with Gasteiger partial charge in [0, 0.05) is 12.7 Å². The first-order valence-electron chi connectivity index (χ1n) is 8.61. The van der Waals surface area contributed by atoms with Crippen LogP contribution in [0.4, 0.5) is 11.6 Å². The van der Waals surface area contributed by atoms with Gasteiger partial charge in [0.25, 0.3) is 0 Å². The average molecular weight is 361 g/mol. The minimum absolute atomic E-state index is 0.286. The van der Waals surface area contributed by atoms with Crippen LogP contribution < -0.4 is 11.0 Å². The lowest BCUT2D eigenvalue weighted by Gasteiger charge is -2.11. The van der Waals surface area contributed by atoms with Crippen molar-refractivity contribution in [1.29, 1.82) is 10.5 Å². The van der Waals surface area contributed by atoms with E-state index in [2.05, 4.69) is 27.4 Å². The minimum atomic E-state index is -0.578. The molecule has 0 saturated heterocycles. The zero-order valence-electron chi connectivity index (χ0n) is 15.4. The minimum Gasteiger partial charge on any atom is -0.324 e. The van der Waals surface area contributed by atoms with E-state index in [-0.39, 0.29) is 5.69 Å². The molecule has 3 aromatic rings. The Morgan fingerprint density at radius 3 is 2.74 bits per heavy atom. The summed E-state index contributed by atoms with van der Waals surface area (Å²) in [7, 11) is 1.64. The number of nitrogens with zero attached hydrogens (tertiary/aromatic N) is 6. The van der Waals surface area contributed by atoms with Crippen LogP contribution in [0.5, 0.6) is 0 Å². The Labute approximate surface area is 156 Å². The van der Waals surface area contributed by atoms with Crippen LogP contribution in [-0.4, -0.2) is 19.1 Å². The molecular formula is C19H19N7O. The van der Waals surface area contributed by atoms with E-state index in [1.54, 1.807) is 31.4 Å². The second kappa shape index (κ2) is 7.30. The van der Waals surface area contributed by atoms with Crippen molar-refractivity contribution in [3.05, 3.63) is 46.0 Å². The third-order valence-electron chi connectivity index (χ3n) is 4.46. The fraction of sp³-hybridized carbons (Fsp3) is 0.316. The number of benzene rings is 1. The Morgan fingerprint density at radius 1 is 1.33 bits per heavy atom. The number of hydrogen-bond donors (Lipinski definition) is 1. The van der Waals surface area contributed by atoms with Crippen molar-refractivity contribution in [1.82, 2.24) is 19.1 Å². The van der Waals surface area contributed by atoms with Crippen molar-refractivity contribution in [2.24, 2.45) is 7.05 Å². The smallest absolute Gasteiger partial charge is 0.324 e. The number of imidazole rings is 1. The maximum Gasteiger partial charge on any atom is 0.331 e. The zero-order chi connectivity index (χ0) is 19.6. The first-order chi connectivity index (χ1) is 13.0. The molecule has 2 heterocycles. The van der Waals surface area contributed by atoms with Gasteiger partial charge in [-0.05, 0) is 37.1 Å². The van der Waals surface area contributed by atoms with E-state index in [1.807, 2.05) is 13.8 Å². The van der Waals surface area contributed by atoms with Crippen LogP contribution in [0.25, 0.3) is 11.2 Å². The van der Waals surface area contributed by atoms with Crippen LogP contribution in [0.2, 0.25) is 0 Å². The van der Waals surface area contributed by atoms with Crippen LogP contribution in [0.1, 0.15) is 36.9 Å². The summed E-state index contributed by atoms with van der Waals surface area (Å²) in [5, 5.41) is 21.6. The van der Waals surface area contributed by atoms with Crippen molar-refractivity contribution in [3.8, 4) is 12.1 Å². The SMILES string of the molecule is CCCC(C#N)n1c(=O)n(C)c2cnc(Nc3ccc(C#N)cc3C)nc21. The van der Waals surface area contributed by atoms with Crippen molar-refractivity contribution < 1.29 is 0 Å². The van der Waals surface area contributed by atoms with Gasteiger partial charge in [-0.25, -0.2) is 9.78 Å². The molecule has 2 aromatic heterocycles. The Hall–Kier alpha value is -3.65. The predicted octanol–water partition coefficient (Wildman–Crippen LogP) is 2.92. The number of hydrogen-bond acceptors (Lipinski definition) is 6. The molecule has 27 heavy (non-hydrogen) atoms. The maximum atomic E-state index is 12.6. The molecule has 8 nitrogen and oxygen atoms in total. The molecule has 0 saturated carbocycles. The van der Waals surface area contributed by atoms with Gasteiger partial charge in [0.15, 0.2) is 5.65 Å². The molecule has 0 spiro atoms. The molecule has 136 valence electrons. The summed E-state index contributed by atoms with van der Waals surface area (Å²) < 4.78 is 2.88. The van der Waals surface area contributed by atoms with E-state index in [0.717, 1.165) is 17.7 Å². The highest BCUT2D eigenvalue weighted by Gasteiger charge is 2.20. The quantitative estimate of drug-likeness (QED) is 0.747. The zero-order valence-corrected chi connectivity index (χ0v) is 15.4. The highest BCUT2D eigenvalue weighted by Crippen LogP contribution is 2.22. The van der Waals surface area contributed by atoms with E-state index in [9.17, 15) is 10.1 Å². The lowest BCUT2D eigenvalue weighted by Crippen LogP contribution is -2.25. The topological polar surface area (TPSA) is 112 Å². The third kappa shape index (κ3) is 3.25. The summed E-state index contributed by atoms with van der Waals surface area (Å²) in [6.45, 7) is 3.85. The standard InChI is InChI=1S/C19H19N7O/c1-4-5-14(10-21)26-17-16(25(3)19(26)27)11-22-18(24-17)23-15-7-6-13(9-20)8-12(15)2/h6-8,11,14H,4-5H2,1-3H3,(H,22,23,24). The van der Waals surface area contributed by atoms with Gasteiger partial charge in [0.05, 0.1) is 23.9 Å². The molecule has 0 amide bonds. The summed E-state index contributed by atoms with van der Waals surface area (Å²) >= 11 is 0. The average Bonchev–Trinajstić information content (AvgIpc) is 2.92. The number of anilines is 2. The Morgan fingerprint density at radius 2 is 2.11 bits per heavy atom. The van der Waals surface area contributed by atoms with E-state index in [1.165, 1.54) is 9.13 Å². The molecule has 3 rings (SSSR count). The lowest BCUT2D eigenvalue weighted by molar-refractivity contribution is 0.546. The van der Waals surface area contributed by atoms with E-state index < -0.39 is 6.04 Å². The summed E-state index contributed by atoms with van der Waals surface area (Å²) in [6, 6.07) is 8.98. The molecule has 0 fully saturated rings. The fourth-order valence-corrected chi connectivity index (χ4v) is 3.00. The van der Waals surface area contributed by atoms with Crippen LogP contribution in [0.3, 0.4) is 0 Å². The number of nitrogens with one attached hydrogen (secondary N) is 1. The molecule has 0 aliphatic rings.